The smallest absolute Gasteiger partial charge is 0.410 e. The van der Waals surface area contributed by atoms with Crippen molar-refractivity contribution in [2.75, 3.05) is 31.1 Å². The predicted molar refractivity (Wildman–Crippen MR) is 122 cm³/mol. The lowest BCUT2D eigenvalue weighted by Gasteiger charge is -2.42. The van der Waals surface area contributed by atoms with Gasteiger partial charge >= 0.3 is 6.09 Å². The number of anilines is 1. The summed E-state index contributed by atoms with van der Waals surface area (Å²) in [5.74, 6) is 0.200. The second-order valence-corrected chi connectivity index (χ2v) is 9.21. The van der Waals surface area contributed by atoms with Crippen molar-refractivity contribution in [3.05, 3.63) is 52.3 Å². The van der Waals surface area contributed by atoms with E-state index in [1.54, 1.807) is 49.9 Å². The van der Waals surface area contributed by atoms with Gasteiger partial charge in [0.25, 0.3) is 0 Å². The first-order valence-electron chi connectivity index (χ1n) is 10.6. The van der Waals surface area contributed by atoms with Gasteiger partial charge in [0, 0.05) is 41.9 Å². The maximum Gasteiger partial charge on any atom is 0.410 e. The van der Waals surface area contributed by atoms with Crippen LogP contribution in [0.25, 0.3) is 0 Å². The van der Waals surface area contributed by atoms with E-state index < -0.39 is 23.6 Å². The molecule has 8 nitrogen and oxygen atoms in total. The van der Waals surface area contributed by atoms with Gasteiger partial charge in [-0.25, -0.2) is 9.18 Å². The van der Waals surface area contributed by atoms with Crippen molar-refractivity contribution in [1.82, 2.24) is 9.88 Å². The molecule has 3 rings (SSSR count). The number of hydrogen-bond donors (Lipinski definition) is 2. The second kappa shape index (κ2) is 10.5. The maximum atomic E-state index is 14.0. The van der Waals surface area contributed by atoms with Crippen LogP contribution in [0, 0.1) is 5.82 Å². The summed E-state index contributed by atoms with van der Waals surface area (Å²) in [6, 6.07) is 7.14. The number of piperazine rings is 1. The Morgan fingerprint density at radius 1 is 1.21 bits per heavy atom. The van der Waals surface area contributed by atoms with Gasteiger partial charge in [0.05, 0.1) is 19.3 Å². The van der Waals surface area contributed by atoms with E-state index in [1.165, 1.54) is 6.07 Å². The summed E-state index contributed by atoms with van der Waals surface area (Å²) < 4.78 is 25.2. The molecular weight excluding hydrogens is 453 g/mol. The molecule has 1 aliphatic rings. The molecule has 0 bridgehead atoms. The summed E-state index contributed by atoms with van der Waals surface area (Å²) in [5, 5.41) is 20.1. The van der Waals surface area contributed by atoms with E-state index in [4.69, 9.17) is 21.1 Å². The van der Waals surface area contributed by atoms with Gasteiger partial charge in [-0.1, -0.05) is 17.7 Å². The summed E-state index contributed by atoms with van der Waals surface area (Å²) in [4.78, 5) is 20.3. The number of hydrogen-bond acceptors (Lipinski definition) is 7. The Hall–Kier alpha value is -2.62. The van der Waals surface area contributed by atoms with Crippen molar-refractivity contribution in [1.29, 1.82) is 0 Å². The number of carbonyl (C=O) groups is 1. The van der Waals surface area contributed by atoms with Crippen LogP contribution in [-0.2, 0) is 18.0 Å². The van der Waals surface area contributed by atoms with E-state index in [9.17, 15) is 19.4 Å². The number of ether oxygens (including phenoxy) is 2. The molecule has 1 atom stereocenters. The quantitative estimate of drug-likeness (QED) is 0.653. The molecular formula is C23H29ClFN3O5. The largest absolute Gasteiger partial charge is 0.473 e. The number of benzene rings is 1. The first kappa shape index (κ1) is 25.0. The Morgan fingerprint density at radius 3 is 2.58 bits per heavy atom. The Balaban J connectivity index is 1.76. The average Bonchev–Trinajstić information content (AvgIpc) is 2.76. The highest BCUT2D eigenvalue weighted by atomic mass is 35.5. The lowest BCUT2D eigenvalue weighted by molar-refractivity contribution is 0.0196. The number of pyridine rings is 1. The number of halogens is 2. The molecule has 1 aromatic heterocycles. The third-order valence-electron chi connectivity index (χ3n) is 5.11. The van der Waals surface area contributed by atoms with Crippen LogP contribution in [0.4, 0.5) is 15.0 Å². The minimum Gasteiger partial charge on any atom is -0.473 e. The third-order valence-corrected chi connectivity index (χ3v) is 5.34. The van der Waals surface area contributed by atoms with Crippen molar-refractivity contribution < 1.29 is 28.9 Å². The predicted octanol–water partition coefficient (Wildman–Crippen LogP) is 3.36. The molecule has 1 amide bonds. The van der Waals surface area contributed by atoms with E-state index in [-0.39, 0.29) is 32.2 Å². The number of nitrogens with zero attached hydrogens (tertiary/aromatic N) is 3. The van der Waals surface area contributed by atoms with E-state index in [2.05, 4.69) is 4.98 Å². The van der Waals surface area contributed by atoms with Crippen molar-refractivity contribution in [3.63, 3.8) is 0 Å². The zero-order valence-electron chi connectivity index (χ0n) is 18.9. The van der Waals surface area contributed by atoms with Crippen LogP contribution in [0.15, 0.2) is 30.3 Å². The molecule has 0 radical (unpaired) electrons. The SMILES string of the molecule is CC(C)(C)OC(=O)N1CCN(c2nc(OCc3ccc(Cl)cc3F)ccc2CO)[C@@H](CO)C1. The van der Waals surface area contributed by atoms with Gasteiger partial charge in [-0.05, 0) is 39.0 Å². The van der Waals surface area contributed by atoms with Gasteiger partial charge in [0.2, 0.25) is 5.88 Å². The first-order valence-corrected chi connectivity index (χ1v) is 11.0. The maximum absolute atomic E-state index is 14.0. The minimum absolute atomic E-state index is 0.0518. The van der Waals surface area contributed by atoms with Gasteiger partial charge in [-0.2, -0.15) is 4.98 Å². The van der Waals surface area contributed by atoms with Crippen LogP contribution in [0.3, 0.4) is 0 Å². The molecule has 0 aliphatic carbocycles. The van der Waals surface area contributed by atoms with E-state index in [1.807, 2.05) is 4.90 Å². The molecule has 180 valence electrons. The van der Waals surface area contributed by atoms with Gasteiger partial charge in [-0.3, -0.25) is 0 Å². The summed E-state index contributed by atoms with van der Waals surface area (Å²) in [6.45, 7) is 5.81. The van der Waals surface area contributed by atoms with Crippen LogP contribution in [0.5, 0.6) is 5.88 Å². The zero-order valence-corrected chi connectivity index (χ0v) is 19.7. The van der Waals surface area contributed by atoms with Crippen LogP contribution < -0.4 is 9.64 Å². The highest BCUT2D eigenvalue weighted by molar-refractivity contribution is 6.30. The number of rotatable bonds is 6. The van der Waals surface area contributed by atoms with Gasteiger partial charge in [0.15, 0.2) is 0 Å². The fourth-order valence-corrected chi connectivity index (χ4v) is 3.64. The topological polar surface area (TPSA) is 95.4 Å². The highest BCUT2D eigenvalue weighted by Crippen LogP contribution is 2.27. The normalized spacial score (nSPS) is 16.6. The molecule has 2 N–H and O–H groups in total. The summed E-state index contributed by atoms with van der Waals surface area (Å²) in [5.41, 5.74) is 0.251. The van der Waals surface area contributed by atoms with Crippen molar-refractivity contribution in [2.24, 2.45) is 0 Å². The summed E-state index contributed by atoms with van der Waals surface area (Å²) in [6.07, 6.45) is -0.446. The average molecular weight is 482 g/mol. The standard InChI is InChI=1S/C23H29ClFN3O5/c1-23(2,3)33-22(31)27-8-9-28(18(11-27)13-30)21-15(12-29)5-7-20(26-21)32-14-16-4-6-17(24)10-19(16)25/h4-7,10,18,29-30H,8-9,11-14H2,1-3H3/t18-/m1/s1. The van der Waals surface area contributed by atoms with E-state index in [0.717, 1.165) is 0 Å². The summed E-state index contributed by atoms with van der Waals surface area (Å²) in [7, 11) is 0. The molecule has 0 spiro atoms. The number of carbonyl (C=O) groups excluding carboxylic acids is 1. The monoisotopic (exact) mass is 481 g/mol. The first-order chi connectivity index (χ1) is 15.6. The summed E-state index contributed by atoms with van der Waals surface area (Å²) >= 11 is 5.79. The lowest BCUT2D eigenvalue weighted by atomic mass is 10.1. The van der Waals surface area contributed by atoms with Gasteiger partial charge < -0.3 is 29.5 Å². The van der Waals surface area contributed by atoms with E-state index >= 15 is 0 Å². The molecule has 33 heavy (non-hydrogen) atoms. The Morgan fingerprint density at radius 2 is 1.94 bits per heavy atom. The van der Waals surface area contributed by atoms with Crippen molar-refractivity contribution in [2.45, 2.75) is 45.6 Å². The molecule has 10 heteroatoms. The lowest BCUT2D eigenvalue weighted by Crippen LogP contribution is -2.57. The fraction of sp³-hybridized carbons (Fsp3) is 0.478. The molecule has 2 heterocycles. The van der Waals surface area contributed by atoms with Crippen LogP contribution >= 0.6 is 11.6 Å². The van der Waals surface area contributed by atoms with Crippen LogP contribution in [-0.4, -0.2) is 64.1 Å². The molecule has 1 aromatic carbocycles. The van der Waals surface area contributed by atoms with Gasteiger partial charge in [0.1, 0.15) is 23.8 Å². The molecule has 1 aliphatic heterocycles. The highest BCUT2D eigenvalue weighted by Gasteiger charge is 2.33. The minimum atomic E-state index is -0.621. The zero-order chi connectivity index (χ0) is 24.2. The van der Waals surface area contributed by atoms with Crippen LogP contribution in [0.2, 0.25) is 5.02 Å². The number of aliphatic hydroxyl groups is 2. The number of amides is 1. The Kier molecular flexibility index (Phi) is 7.99. The van der Waals surface area contributed by atoms with Crippen molar-refractivity contribution in [3.8, 4) is 5.88 Å². The molecule has 0 saturated carbocycles. The molecule has 1 saturated heterocycles. The van der Waals surface area contributed by atoms with Crippen molar-refractivity contribution >= 4 is 23.5 Å². The van der Waals surface area contributed by atoms with Gasteiger partial charge in [-0.15, -0.1) is 0 Å². The molecule has 1 fully saturated rings. The fourth-order valence-electron chi connectivity index (χ4n) is 3.49. The number of aliphatic hydroxyl groups excluding tert-OH is 2. The molecule has 0 unspecified atom stereocenters. The third kappa shape index (κ3) is 6.46. The van der Waals surface area contributed by atoms with E-state index in [0.29, 0.717) is 35.1 Å². The second-order valence-electron chi connectivity index (χ2n) is 8.77. The molecule has 2 aromatic rings. The number of aromatic nitrogens is 1. The van der Waals surface area contributed by atoms with Crippen LogP contribution in [0.1, 0.15) is 31.9 Å². The Labute approximate surface area is 197 Å². The Bertz CT molecular complexity index is 985.